The van der Waals surface area contributed by atoms with Crippen LogP contribution in [0.15, 0.2) is 18.5 Å². The van der Waals surface area contributed by atoms with Gasteiger partial charge in [0.15, 0.2) is 11.5 Å². The van der Waals surface area contributed by atoms with Gasteiger partial charge in [-0.2, -0.15) is 0 Å². The Morgan fingerprint density at radius 3 is 2.39 bits per heavy atom. The van der Waals surface area contributed by atoms with E-state index in [-0.39, 0.29) is 6.09 Å². The zero-order valence-electron chi connectivity index (χ0n) is 17.2. The second-order valence-electron chi connectivity index (χ2n) is 7.73. The smallest absolute Gasteiger partial charge is 0.410 e. The van der Waals surface area contributed by atoms with Gasteiger partial charge >= 0.3 is 6.09 Å². The van der Waals surface area contributed by atoms with Crippen molar-refractivity contribution in [1.29, 1.82) is 0 Å². The largest absolute Gasteiger partial charge is 0.493 e. The summed E-state index contributed by atoms with van der Waals surface area (Å²) >= 11 is 0. The summed E-state index contributed by atoms with van der Waals surface area (Å²) in [5, 5.41) is 0.894. The molecule has 0 N–H and O–H groups in total. The molecule has 1 aliphatic heterocycles. The van der Waals surface area contributed by atoms with Crippen LogP contribution in [-0.2, 0) is 4.74 Å². The van der Waals surface area contributed by atoms with Crippen molar-refractivity contribution in [2.24, 2.45) is 0 Å². The number of hydrogen-bond donors (Lipinski definition) is 0. The number of hydrogen-bond acceptors (Lipinski definition) is 7. The number of anilines is 1. The van der Waals surface area contributed by atoms with Crippen LogP contribution in [0.25, 0.3) is 10.9 Å². The quantitative estimate of drug-likeness (QED) is 0.799. The maximum absolute atomic E-state index is 12.4. The van der Waals surface area contributed by atoms with Crippen LogP contribution in [0.5, 0.6) is 11.5 Å². The first-order valence-corrected chi connectivity index (χ1v) is 9.42. The van der Waals surface area contributed by atoms with E-state index >= 15 is 0 Å². The first-order valence-electron chi connectivity index (χ1n) is 9.42. The van der Waals surface area contributed by atoms with Crippen LogP contribution in [0, 0.1) is 0 Å². The lowest BCUT2D eigenvalue weighted by atomic mass is 10.2. The van der Waals surface area contributed by atoms with Crippen molar-refractivity contribution in [2.45, 2.75) is 32.8 Å². The molecule has 1 saturated heterocycles. The topological polar surface area (TPSA) is 77.0 Å². The van der Waals surface area contributed by atoms with Crippen LogP contribution in [0.4, 0.5) is 10.6 Å². The van der Waals surface area contributed by atoms with Gasteiger partial charge < -0.3 is 24.0 Å². The molecule has 1 amide bonds. The lowest BCUT2D eigenvalue weighted by molar-refractivity contribution is 0.0263. The Morgan fingerprint density at radius 1 is 1.00 bits per heavy atom. The average molecular weight is 388 g/mol. The number of fused-ring (bicyclic) bond motifs is 1. The van der Waals surface area contributed by atoms with Gasteiger partial charge in [-0.1, -0.05) is 0 Å². The van der Waals surface area contributed by atoms with Crippen LogP contribution in [0.2, 0.25) is 0 Å². The van der Waals surface area contributed by atoms with Crippen LogP contribution in [0.3, 0.4) is 0 Å². The molecule has 1 aromatic carbocycles. The monoisotopic (exact) mass is 388 g/mol. The molecule has 8 heteroatoms. The minimum atomic E-state index is -0.498. The highest BCUT2D eigenvalue weighted by molar-refractivity contribution is 5.92. The first kappa shape index (κ1) is 20.0. The van der Waals surface area contributed by atoms with Crippen molar-refractivity contribution < 1.29 is 19.0 Å². The first-order chi connectivity index (χ1) is 13.3. The van der Waals surface area contributed by atoms with Gasteiger partial charge in [0.05, 0.1) is 19.7 Å². The molecule has 1 aromatic heterocycles. The number of benzene rings is 1. The molecule has 3 rings (SSSR count). The molecule has 2 heterocycles. The summed E-state index contributed by atoms with van der Waals surface area (Å²) in [4.78, 5) is 25.2. The minimum absolute atomic E-state index is 0.270. The molecule has 8 nitrogen and oxygen atoms in total. The second-order valence-corrected chi connectivity index (χ2v) is 7.73. The number of carbonyl (C=O) groups excluding carboxylic acids is 1. The fraction of sp³-hybridized carbons (Fsp3) is 0.550. The van der Waals surface area contributed by atoms with Gasteiger partial charge in [0.25, 0.3) is 0 Å². The third-order valence-corrected chi connectivity index (χ3v) is 4.57. The lowest BCUT2D eigenvalue weighted by Crippen LogP contribution is -2.39. The van der Waals surface area contributed by atoms with Gasteiger partial charge in [-0.3, -0.25) is 0 Å². The standard InChI is InChI=1S/C20H28N4O4/c1-20(2,3)28-19(25)24-8-6-7-23(9-10-24)18-14-11-16(26-4)17(27-5)12-15(14)21-13-22-18/h11-13H,6-10H2,1-5H3. The number of ether oxygens (including phenoxy) is 3. The van der Waals surface area contributed by atoms with Crippen LogP contribution < -0.4 is 14.4 Å². The van der Waals surface area contributed by atoms with E-state index in [0.29, 0.717) is 31.1 Å². The van der Waals surface area contributed by atoms with E-state index < -0.39 is 5.60 Å². The van der Waals surface area contributed by atoms with E-state index in [2.05, 4.69) is 14.9 Å². The van der Waals surface area contributed by atoms with Gasteiger partial charge in [0.1, 0.15) is 17.7 Å². The Kier molecular flexibility index (Phi) is 5.76. The Balaban J connectivity index is 1.84. The highest BCUT2D eigenvalue weighted by Gasteiger charge is 2.25. The van der Waals surface area contributed by atoms with Crippen LogP contribution >= 0.6 is 0 Å². The molecule has 0 aliphatic carbocycles. The molecule has 0 radical (unpaired) electrons. The van der Waals surface area contributed by atoms with Crippen molar-refractivity contribution in [3.05, 3.63) is 18.5 Å². The van der Waals surface area contributed by atoms with E-state index in [9.17, 15) is 4.79 Å². The summed E-state index contributed by atoms with van der Waals surface area (Å²) in [7, 11) is 3.21. The van der Waals surface area contributed by atoms with Gasteiger partial charge in [0, 0.05) is 37.6 Å². The summed E-state index contributed by atoms with van der Waals surface area (Å²) < 4.78 is 16.3. The molecule has 1 aliphatic rings. The Bertz CT molecular complexity index is 850. The number of carbonyl (C=O) groups is 1. The van der Waals surface area contributed by atoms with Gasteiger partial charge in [-0.15, -0.1) is 0 Å². The summed E-state index contributed by atoms with van der Waals surface area (Å²) in [6, 6.07) is 3.75. The summed E-state index contributed by atoms with van der Waals surface area (Å²) in [6.07, 6.45) is 2.12. The van der Waals surface area contributed by atoms with Crippen molar-refractivity contribution >= 4 is 22.8 Å². The van der Waals surface area contributed by atoms with E-state index in [1.54, 1.807) is 25.4 Å². The van der Waals surface area contributed by atoms with E-state index in [1.807, 2.05) is 32.9 Å². The molecule has 0 spiro atoms. The predicted molar refractivity (Wildman–Crippen MR) is 107 cm³/mol. The third kappa shape index (κ3) is 4.37. The van der Waals surface area contributed by atoms with E-state index in [4.69, 9.17) is 14.2 Å². The van der Waals surface area contributed by atoms with Crippen molar-refractivity contribution in [3.8, 4) is 11.5 Å². The number of amides is 1. The molecular formula is C20H28N4O4. The lowest BCUT2D eigenvalue weighted by Gasteiger charge is -2.27. The molecular weight excluding hydrogens is 360 g/mol. The highest BCUT2D eigenvalue weighted by atomic mass is 16.6. The van der Waals surface area contributed by atoms with Crippen LogP contribution in [0.1, 0.15) is 27.2 Å². The van der Waals surface area contributed by atoms with Gasteiger partial charge in [-0.05, 0) is 33.3 Å². The van der Waals surface area contributed by atoms with E-state index in [0.717, 1.165) is 29.7 Å². The molecule has 0 atom stereocenters. The average Bonchev–Trinajstić information content (AvgIpc) is 2.91. The highest BCUT2D eigenvalue weighted by Crippen LogP contribution is 2.34. The SMILES string of the molecule is COc1cc2ncnc(N3CCCN(C(=O)OC(C)(C)C)CC3)c2cc1OC. The molecule has 0 saturated carbocycles. The fourth-order valence-corrected chi connectivity index (χ4v) is 3.26. The van der Waals surface area contributed by atoms with Gasteiger partial charge in [0.2, 0.25) is 0 Å². The zero-order valence-corrected chi connectivity index (χ0v) is 17.2. The Morgan fingerprint density at radius 2 is 1.71 bits per heavy atom. The van der Waals surface area contributed by atoms with Gasteiger partial charge in [-0.25, -0.2) is 14.8 Å². The number of aromatic nitrogens is 2. The molecule has 0 unspecified atom stereocenters. The summed E-state index contributed by atoms with van der Waals surface area (Å²) in [5.41, 5.74) is 0.289. The number of nitrogens with zero attached hydrogens (tertiary/aromatic N) is 4. The summed E-state index contributed by atoms with van der Waals surface area (Å²) in [6.45, 7) is 8.33. The fourth-order valence-electron chi connectivity index (χ4n) is 3.26. The molecule has 1 fully saturated rings. The maximum atomic E-state index is 12.4. The number of rotatable bonds is 3. The predicted octanol–water partition coefficient (Wildman–Crippen LogP) is 3.09. The Hall–Kier alpha value is -2.77. The number of methoxy groups -OCH3 is 2. The molecule has 2 aromatic rings. The third-order valence-electron chi connectivity index (χ3n) is 4.57. The molecule has 28 heavy (non-hydrogen) atoms. The van der Waals surface area contributed by atoms with Crippen molar-refractivity contribution in [2.75, 3.05) is 45.3 Å². The van der Waals surface area contributed by atoms with Crippen molar-refractivity contribution in [1.82, 2.24) is 14.9 Å². The normalized spacial score (nSPS) is 15.3. The molecule has 0 bridgehead atoms. The molecule has 152 valence electrons. The maximum Gasteiger partial charge on any atom is 0.410 e. The minimum Gasteiger partial charge on any atom is -0.493 e. The Labute approximate surface area is 165 Å². The zero-order chi connectivity index (χ0) is 20.3. The summed E-state index contributed by atoms with van der Waals surface area (Å²) in [5.74, 6) is 2.10. The second kappa shape index (κ2) is 8.08. The van der Waals surface area contributed by atoms with Crippen molar-refractivity contribution in [3.63, 3.8) is 0 Å². The van der Waals surface area contributed by atoms with E-state index in [1.165, 1.54) is 0 Å². The van der Waals surface area contributed by atoms with Crippen LogP contribution in [-0.4, -0.2) is 67.0 Å².